The van der Waals surface area contributed by atoms with Crippen molar-refractivity contribution in [1.29, 1.82) is 0 Å². The zero-order chi connectivity index (χ0) is 18.3. The number of benzene rings is 2. The summed E-state index contributed by atoms with van der Waals surface area (Å²) in [6.07, 6.45) is 1.84. The molecule has 0 bridgehead atoms. The summed E-state index contributed by atoms with van der Waals surface area (Å²) >= 11 is 1.64. The molecule has 0 aliphatic heterocycles. The molecule has 0 amide bonds. The Bertz CT molecular complexity index is 1130. The maximum absolute atomic E-state index is 12.1. The zero-order valence-electron chi connectivity index (χ0n) is 14.8. The highest BCUT2D eigenvalue weighted by atomic mass is 32.1. The van der Waals surface area contributed by atoms with Gasteiger partial charge in [-0.1, -0.05) is 18.2 Å². The molecule has 0 saturated heterocycles. The number of nitrogens with zero attached hydrogens (tertiary/aromatic N) is 2. The minimum absolute atomic E-state index is 0.00450. The first kappa shape index (κ1) is 16.5. The van der Waals surface area contributed by atoms with Gasteiger partial charge in [0.2, 0.25) is 0 Å². The van der Waals surface area contributed by atoms with Crippen LogP contribution >= 0.6 is 11.3 Å². The molecule has 4 rings (SSSR count). The number of pyridine rings is 1. The predicted molar refractivity (Wildman–Crippen MR) is 106 cm³/mol. The Morgan fingerprint density at radius 3 is 2.58 bits per heavy atom. The molecular weight excluding hydrogens is 344 g/mol. The van der Waals surface area contributed by atoms with Crippen molar-refractivity contribution < 1.29 is 4.74 Å². The third-order valence-electron chi connectivity index (χ3n) is 4.26. The number of rotatable bonds is 3. The van der Waals surface area contributed by atoms with E-state index in [1.54, 1.807) is 23.0 Å². The van der Waals surface area contributed by atoms with Crippen LogP contribution in [0.4, 0.5) is 0 Å². The maximum Gasteiger partial charge on any atom is 0.253 e. The molecule has 2 aromatic carbocycles. The molecule has 5 heteroatoms. The highest BCUT2D eigenvalue weighted by Crippen LogP contribution is 2.40. The molecule has 0 radical (unpaired) electrons. The minimum Gasteiger partial charge on any atom is -0.454 e. The number of hydrogen-bond donors (Lipinski definition) is 0. The molecule has 130 valence electrons. The standard InChI is InChI=1S/C21H18N2O2S/c1-13-11-15(12-23(3)21(13)24)17-9-10-18-19(22-14(2)26-18)20(17)25-16-7-5-4-6-8-16/h4-12H,1-3H3. The van der Waals surface area contributed by atoms with Crippen LogP contribution < -0.4 is 10.3 Å². The first-order chi connectivity index (χ1) is 12.5. The highest BCUT2D eigenvalue weighted by Gasteiger charge is 2.16. The largest absolute Gasteiger partial charge is 0.454 e. The van der Waals surface area contributed by atoms with E-state index in [1.165, 1.54) is 0 Å². The van der Waals surface area contributed by atoms with Crippen LogP contribution in [0, 0.1) is 13.8 Å². The number of fused-ring (bicyclic) bond motifs is 1. The topological polar surface area (TPSA) is 44.1 Å². The third kappa shape index (κ3) is 2.91. The highest BCUT2D eigenvalue weighted by molar-refractivity contribution is 7.18. The number of ether oxygens (including phenoxy) is 1. The molecule has 0 aliphatic carbocycles. The van der Waals surface area contributed by atoms with E-state index in [1.807, 2.05) is 62.5 Å². The van der Waals surface area contributed by atoms with Crippen LogP contribution in [-0.4, -0.2) is 9.55 Å². The number of aromatic nitrogens is 2. The molecule has 0 atom stereocenters. The number of hydrogen-bond acceptors (Lipinski definition) is 4. The van der Waals surface area contributed by atoms with Gasteiger partial charge in [0.15, 0.2) is 5.75 Å². The van der Waals surface area contributed by atoms with Gasteiger partial charge in [0, 0.05) is 29.9 Å². The third-order valence-corrected chi connectivity index (χ3v) is 5.19. The van der Waals surface area contributed by atoms with Crippen molar-refractivity contribution in [3.05, 3.63) is 75.7 Å². The van der Waals surface area contributed by atoms with E-state index in [9.17, 15) is 4.79 Å². The van der Waals surface area contributed by atoms with Crippen LogP contribution in [0.15, 0.2) is 59.5 Å². The minimum atomic E-state index is 0.00450. The summed E-state index contributed by atoms with van der Waals surface area (Å²) in [5.41, 5.74) is 3.41. The summed E-state index contributed by atoms with van der Waals surface area (Å²) in [6, 6.07) is 15.7. The van der Waals surface area contributed by atoms with Crippen LogP contribution in [-0.2, 0) is 7.05 Å². The number of aryl methyl sites for hydroxylation is 3. The summed E-state index contributed by atoms with van der Waals surface area (Å²) in [4.78, 5) is 16.7. The lowest BCUT2D eigenvalue weighted by Gasteiger charge is -2.13. The first-order valence-corrected chi connectivity index (χ1v) is 9.15. The molecule has 0 fully saturated rings. The molecular formula is C21H18N2O2S. The number of thiazole rings is 1. The maximum atomic E-state index is 12.1. The Kier molecular flexibility index (Phi) is 4.09. The molecule has 2 aromatic heterocycles. The second kappa shape index (κ2) is 6.42. The Morgan fingerprint density at radius 1 is 1.08 bits per heavy atom. The first-order valence-electron chi connectivity index (χ1n) is 8.33. The fraction of sp³-hybridized carbons (Fsp3) is 0.143. The zero-order valence-corrected chi connectivity index (χ0v) is 15.6. The summed E-state index contributed by atoms with van der Waals surface area (Å²) in [5, 5.41) is 0.992. The van der Waals surface area contributed by atoms with Crippen molar-refractivity contribution in [2.75, 3.05) is 0 Å². The van der Waals surface area contributed by atoms with Crippen LogP contribution in [0.25, 0.3) is 21.3 Å². The quantitative estimate of drug-likeness (QED) is 0.511. The second-order valence-electron chi connectivity index (χ2n) is 6.26. The van der Waals surface area contributed by atoms with Gasteiger partial charge in [-0.3, -0.25) is 4.79 Å². The van der Waals surface area contributed by atoms with Crippen molar-refractivity contribution in [3.8, 4) is 22.6 Å². The van der Waals surface area contributed by atoms with Crippen molar-refractivity contribution in [3.63, 3.8) is 0 Å². The van der Waals surface area contributed by atoms with E-state index in [4.69, 9.17) is 4.74 Å². The van der Waals surface area contributed by atoms with Gasteiger partial charge in [0.25, 0.3) is 5.56 Å². The van der Waals surface area contributed by atoms with Gasteiger partial charge in [-0.25, -0.2) is 4.98 Å². The molecule has 2 heterocycles. The molecule has 0 saturated carbocycles. The lowest BCUT2D eigenvalue weighted by Crippen LogP contribution is -2.18. The summed E-state index contributed by atoms with van der Waals surface area (Å²) < 4.78 is 8.94. The van der Waals surface area contributed by atoms with Gasteiger partial charge in [-0.2, -0.15) is 0 Å². The van der Waals surface area contributed by atoms with E-state index in [0.29, 0.717) is 5.56 Å². The lowest BCUT2D eigenvalue weighted by molar-refractivity contribution is 0.489. The fourth-order valence-electron chi connectivity index (χ4n) is 3.04. The Hall–Kier alpha value is -2.92. The van der Waals surface area contributed by atoms with Crippen LogP contribution in [0.5, 0.6) is 11.5 Å². The smallest absolute Gasteiger partial charge is 0.253 e. The molecule has 4 nitrogen and oxygen atoms in total. The fourth-order valence-corrected chi connectivity index (χ4v) is 3.87. The van der Waals surface area contributed by atoms with Crippen LogP contribution in [0.1, 0.15) is 10.6 Å². The van der Waals surface area contributed by atoms with Gasteiger partial charge in [0.1, 0.15) is 11.3 Å². The van der Waals surface area contributed by atoms with Crippen LogP contribution in [0.2, 0.25) is 0 Å². The Balaban J connectivity index is 1.97. The van der Waals surface area contributed by atoms with E-state index < -0.39 is 0 Å². The molecule has 0 N–H and O–H groups in total. The monoisotopic (exact) mass is 362 g/mol. The Labute approximate surface area is 155 Å². The van der Waals surface area contributed by atoms with Crippen molar-refractivity contribution in [1.82, 2.24) is 9.55 Å². The van der Waals surface area contributed by atoms with Gasteiger partial charge in [-0.05, 0) is 44.2 Å². The van der Waals surface area contributed by atoms with E-state index >= 15 is 0 Å². The normalized spacial score (nSPS) is 11.0. The number of para-hydroxylation sites is 1. The molecule has 4 aromatic rings. The predicted octanol–water partition coefficient (Wildman–Crippen LogP) is 5.07. The molecule has 0 spiro atoms. The summed E-state index contributed by atoms with van der Waals surface area (Å²) in [7, 11) is 1.77. The van der Waals surface area contributed by atoms with Gasteiger partial charge in [-0.15, -0.1) is 11.3 Å². The molecule has 0 aliphatic rings. The summed E-state index contributed by atoms with van der Waals surface area (Å²) in [5.74, 6) is 1.48. The van der Waals surface area contributed by atoms with Gasteiger partial charge < -0.3 is 9.30 Å². The summed E-state index contributed by atoms with van der Waals surface area (Å²) in [6.45, 7) is 3.82. The van der Waals surface area contributed by atoms with Crippen molar-refractivity contribution in [2.45, 2.75) is 13.8 Å². The van der Waals surface area contributed by atoms with E-state index in [2.05, 4.69) is 11.1 Å². The SMILES string of the molecule is Cc1nc2c(Oc3ccccc3)c(-c3cc(C)c(=O)n(C)c3)ccc2s1. The lowest BCUT2D eigenvalue weighted by atomic mass is 10.0. The van der Waals surface area contributed by atoms with Crippen molar-refractivity contribution >= 4 is 21.6 Å². The van der Waals surface area contributed by atoms with Gasteiger partial charge in [0.05, 0.1) is 9.71 Å². The molecule has 0 unspecified atom stereocenters. The van der Waals surface area contributed by atoms with Crippen molar-refractivity contribution in [2.24, 2.45) is 7.05 Å². The second-order valence-corrected chi connectivity index (χ2v) is 7.50. The Morgan fingerprint density at radius 2 is 1.85 bits per heavy atom. The average molecular weight is 362 g/mol. The van der Waals surface area contributed by atoms with E-state index in [-0.39, 0.29) is 5.56 Å². The molecule has 26 heavy (non-hydrogen) atoms. The average Bonchev–Trinajstić information content (AvgIpc) is 3.01. The van der Waals surface area contributed by atoms with Crippen LogP contribution in [0.3, 0.4) is 0 Å². The van der Waals surface area contributed by atoms with Gasteiger partial charge >= 0.3 is 0 Å². The van der Waals surface area contributed by atoms with E-state index in [0.717, 1.165) is 37.9 Å².